The van der Waals surface area contributed by atoms with E-state index in [4.69, 9.17) is 4.55 Å². The Morgan fingerprint density at radius 2 is 2.20 bits per heavy atom. The smallest absolute Gasteiger partial charge is 0.153 e. The summed E-state index contributed by atoms with van der Waals surface area (Å²) in [6.45, 7) is 4.62. The zero-order chi connectivity index (χ0) is 4.28. The fraction of sp³-hybridized carbons (Fsp3) is 0.500. The van der Waals surface area contributed by atoms with Gasteiger partial charge in [-0.1, -0.05) is 0 Å². The van der Waals surface area contributed by atoms with Crippen LogP contribution in [0, 0.1) is 6.92 Å². The van der Waals surface area contributed by atoms with E-state index in [2.05, 4.69) is 6.92 Å². The van der Waals surface area contributed by atoms with Crippen molar-refractivity contribution in [2.24, 2.45) is 0 Å². The van der Waals surface area contributed by atoms with Crippen molar-refractivity contribution < 1.29 is 8.76 Å². The van der Waals surface area contributed by atoms with Crippen molar-refractivity contribution in [1.29, 1.82) is 0 Å². The van der Waals surface area contributed by atoms with Crippen molar-refractivity contribution >= 4 is 11.1 Å². The minimum atomic E-state index is -1.79. The van der Waals surface area contributed by atoms with Gasteiger partial charge in [0, 0.05) is 0 Å². The van der Waals surface area contributed by atoms with Crippen LogP contribution in [0.4, 0.5) is 0 Å². The SMILES string of the molecule is [CH]CS(=O)O. The average Bonchev–Trinajstić information content (AvgIpc) is 1.38. The van der Waals surface area contributed by atoms with E-state index in [0.29, 0.717) is 0 Å². The Labute approximate surface area is 33.5 Å². The summed E-state index contributed by atoms with van der Waals surface area (Å²) < 4.78 is 17.1. The third-order valence-corrected chi connectivity index (χ3v) is 0.428. The predicted octanol–water partition coefficient (Wildman–Crippen LogP) is -0.0808. The molecule has 0 bridgehead atoms. The van der Waals surface area contributed by atoms with Crippen LogP contribution in [-0.2, 0) is 11.1 Å². The van der Waals surface area contributed by atoms with Crippen LogP contribution in [0.1, 0.15) is 0 Å². The van der Waals surface area contributed by atoms with Crippen molar-refractivity contribution in [2.45, 2.75) is 0 Å². The van der Waals surface area contributed by atoms with E-state index in [1.165, 1.54) is 0 Å². The first-order valence-corrected chi connectivity index (χ1v) is 2.32. The van der Waals surface area contributed by atoms with Gasteiger partial charge in [0.05, 0.1) is 5.75 Å². The van der Waals surface area contributed by atoms with Crippen LogP contribution in [0.5, 0.6) is 0 Å². The molecule has 2 radical (unpaired) electrons. The maximum absolute atomic E-state index is 9.35. The van der Waals surface area contributed by atoms with Crippen molar-refractivity contribution in [3.8, 4) is 0 Å². The fourth-order valence-corrected chi connectivity index (χ4v) is 0. The van der Waals surface area contributed by atoms with Crippen LogP contribution in [0.25, 0.3) is 0 Å². The van der Waals surface area contributed by atoms with Gasteiger partial charge in [-0.15, -0.1) is 0 Å². The molecule has 0 fully saturated rings. The highest BCUT2D eigenvalue weighted by atomic mass is 32.2. The molecule has 0 rings (SSSR count). The summed E-state index contributed by atoms with van der Waals surface area (Å²) >= 11 is -1.79. The zero-order valence-corrected chi connectivity index (χ0v) is 3.36. The Balaban J connectivity index is 2.85. The molecule has 0 amide bonds. The number of hydrogen-bond donors (Lipinski definition) is 1. The minimum absolute atomic E-state index is 0.167. The van der Waals surface area contributed by atoms with E-state index < -0.39 is 11.1 Å². The summed E-state index contributed by atoms with van der Waals surface area (Å²) in [4.78, 5) is 0. The lowest BCUT2D eigenvalue weighted by Gasteiger charge is -1.72. The lowest BCUT2D eigenvalue weighted by Crippen LogP contribution is -1.85. The van der Waals surface area contributed by atoms with Crippen LogP contribution < -0.4 is 0 Å². The topological polar surface area (TPSA) is 37.3 Å². The second-order valence-corrected chi connectivity index (χ2v) is 1.46. The van der Waals surface area contributed by atoms with Crippen molar-refractivity contribution in [1.82, 2.24) is 0 Å². The second kappa shape index (κ2) is 2.35. The maximum atomic E-state index is 9.35. The molecule has 0 aromatic rings. The molecule has 0 aliphatic rings. The molecule has 1 N–H and O–H groups in total. The van der Waals surface area contributed by atoms with E-state index in [0.717, 1.165) is 0 Å². The third-order valence-electron chi connectivity index (χ3n) is 0.143. The van der Waals surface area contributed by atoms with Gasteiger partial charge in [-0.05, 0) is 6.92 Å². The summed E-state index contributed by atoms with van der Waals surface area (Å²) in [7, 11) is 0. The summed E-state index contributed by atoms with van der Waals surface area (Å²) in [6.07, 6.45) is 0. The van der Waals surface area contributed by atoms with E-state index >= 15 is 0 Å². The van der Waals surface area contributed by atoms with E-state index in [1.807, 2.05) is 0 Å². The first kappa shape index (κ1) is 5.11. The highest BCUT2D eigenvalue weighted by Crippen LogP contribution is 1.63. The molecule has 0 aliphatic carbocycles. The van der Waals surface area contributed by atoms with E-state index in [1.54, 1.807) is 0 Å². The quantitative estimate of drug-likeness (QED) is 0.459. The molecule has 30 valence electrons. The first-order valence-electron chi connectivity index (χ1n) is 1.05. The second-order valence-electron chi connectivity index (χ2n) is 0.488. The lowest BCUT2D eigenvalue weighted by molar-refractivity contribution is 0.567. The fourth-order valence-electron chi connectivity index (χ4n) is 0. The molecule has 0 aromatic carbocycles. The Morgan fingerprint density at radius 1 is 2.00 bits per heavy atom. The molecular formula is C2H4O2S. The molecular weight excluding hydrogens is 88.1 g/mol. The Bertz CT molecular complexity index is 42.9. The largest absolute Gasteiger partial charge is 0.306 e. The highest BCUT2D eigenvalue weighted by molar-refractivity contribution is 7.79. The van der Waals surface area contributed by atoms with Gasteiger partial charge in [0.15, 0.2) is 11.1 Å². The highest BCUT2D eigenvalue weighted by Gasteiger charge is 1.76. The molecule has 0 spiro atoms. The molecule has 1 unspecified atom stereocenters. The van der Waals surface area contributed by atoms with Crippen molar-refractivity contribution in [2.75, 3.05) is 5.75 Å². The summed E-state index contributed by atoms with van der Waals surface area (Å²) in [5.41, 5.74) is 0. The van der Waals surface area contributed by atoms with Gasteiger partial charge >= 0.3 is 0 Å². The molecule has 0 heterocycles. The van der Waals surface area contributed by atoms with Crippen LogP contribution in [0.3, 0.4) is 0 Å². The summed E-state index contributed by atoms with van der Waals surface area (Å²) in [5.74, 6) is -0.167. The predicted molar refractivity (Wildman–Crippen MR) is 19.9 cm³/mol. The van der Waals surface area contributed by atoms with Crippen molar-refractivity contribution in [3.05, 3.63) is 6.92 Å². The number of hydrogen-bond acceptors (Lipinski definition) is 1. The molecule has 0 saturated heterocycles. The van der Waals surface area contributed by atoms with Gasteiger partial charge in [0.25, 0.3) is 0 Å². The first-order chi connectivity index (χ1) is 2.27. The maximum Gasteiger partial charge on any atom is 0.153 e. The molecule has 1 atom stereocenters. The normalized spacial score (nSPS) is 14.8. The van der Waals surface area contributed by atoms with Gasteiger partial charge in [-0.2, -0.15) is 0 Å². The molecule has 5 heavy (non-hydrogen) atoms. The van der Waals surface area contributed by atoms with Gasteiger partial charge in [-0.25, -0.2) is 4.21 Å². The van der Waals surface area contributed by atoms with Crippen LogP contribution >= 0.6 is 0 Å². The molecule has 0 saturated carbocycles. The lowest BCUT2D eigenvalue weighted by atomic mass is 11.0. The average molecular weight is 92.1 g/mol. The summed E-state index contributed by atoms with van der Waals surface area (Å²) in [5, 5.41) is 0. The third kappa shape index (κ3) is 4.11. The van der Waals surface area contributed by atoms with Gasteiger partial charge in [0.1, 0.15) is 0 Å². The minimum Gasteiger partial charge on any atom is -0.306 e. The van der Waals surface area contributed by atoms with Crippen LogP contribution in [0.15, 0.2) is 0 Å². The van der Waals surface area contributed by atoms with Gasteiger partial charge in [-0.3, -0.25) is 0 Å². The van der Waals surface area contributed by atoms with Crippen LogP contribution in [0.2, 0.25) is 0 Å². The summed E-state index contributed by atoms with van der Waals surface area (Å²) in [6, 6.07) is 0. The number of rotatable bonds is 1. The Hall–Kier alpha value is 0.110. The van der Waals surface area contributed by atoms with E-state index in [-0.39, 0.29) is 5.75 Å². The van der Waals surface area contributed by atoms with E-state index in [9.17, 15) is 4.21 Å². The Kier molecular flexibility index (Phi) is 2.41. The molecule has 0 aromatic heterocycles. The molecule has 2 nitrogen and oxygen atoms in total. The Morgan fingerprint density at radius 3 is 2.20 bits per heavy atom. The monoisotopic (exact) mass is 92.0 g/mol. The molecule has 3 heteroatoms. The van der Waals surface area contributed by atoms with Gasteiger partial charge < -0.3 is 4.55 Å². The van der Waals surface area contributed by atoms with Crippen molar-refractivity contribution in [3.63, 3.8) is 0 Å². The molecule has 0 aliphatic heterocycles. The standard InChI is InChI=1S/C2H4O2S/c1-2-5(3)4/h1H,2H2,(H,3,4). The van der Waals surface area contributed by atoms with Crippen LogP contribution in [-0.4, -0.2) is 14.5 Å². The van der Waals surface area contributed by atoms with Gasteiger partial charge in [0.2, 0.25) is 0 Å². The zero-order valence-electron chi connectivity index (χ0n) is 2.55.